The molecule has 1 aromatic heterocycles. The zero-order valence-electron chi connectivity index (χ0n) is 24.6. The SMILES string of the molecule is C=CCc1cc(/C=c2\sc3n(c2=O)[C@@H](c2ccc(OCC)c(OCC)c2)C(C(=O)OC)=CN=3)cc(OCC)c1OCC. The molecule has 0 radical (unpaired) electrons. The van der Waals surface area contributed by atoms with Crippen LogP contribution in [0.3, 0.4) is 0 Å². The standard InChI is InChI=1S/C32H36N2O7S/c1-7-12-22-15-20(16-26(40-10-4)29(22)41-11-5)17-27-30(35)34-28(23(31(36)37-6)19-33-32(34)42-27)21-13-14-24(38-8-2)25(18-21)39-9-3/h7,13-19,28H,1,8-12H2,2-6H3/b27-17-/t28-/m0/s1. The Hall–Kier alpha value is -4.31. The molecule has 0 bridgehead atoms. The van der Waals surface area contributed by atoms with Gasteiger partial charge in [-0.1, -0.05) is 23.5 Å². The smallest absolute Gasteiger partial charge is 0.337 e. The summed E-state index contributed by atoms with van der Waals surface area (Å²) in [6, 6.07) is 8.44. The Labute approximate surface area is 249 Å². The molecule has 0 saturated carbocycles. The number of carbonyl (C=O) groups excluding carboxylic acids is 1. The number of hydrogen-bond donors (Lipinski definition) is 0. The molecule has 0 spiro atoms. The highest BCUT2D eigenvalue weighted by Gasteiger charge is 2.31. The number of thiazole rings is 1. The van der Waals surface area contributed by atoms with Crippen LogP contribution < -0.4 is 33.8 Å². The fourth-order valence-electron chi connectivity index (χ4n) is 4.78. The third-order valence-electron chi connectivity index (χ3n) is 6.41. The summed E-state index contributed by atoms with van der Waals surface area (Å²) in [7, 11) is 1.30. The summed E-state index contributed by atoms with van der Waals surface area (Å²) in [6.07, 6.45) is 5.64. The zero-order valence-corrected chi connectivity index (χ0v) is 25.4. The van der Waals surface area contributed by atoms with Gasteiger partial charge in [0.15, 0.2) is 27.8 Å². The predicted molar refractivity (Wildman–Crippen MR) is 163 cm³/mol. The average Bonchev–Trinajstić information content (AvgIpc) is 3.30. The van der Waals surface area contributed by atoms with Gasteiger partial charge in [-0.2, -0.15) is 0 Å². The van der Waals surface area contributed by atoms with E-state index >= 15 is 0 Å². The molecular formula is C32H36N2O7S. The van der Waals surface area contributed by atoms with Gasteiger partial charge < -0.3 is 23.7 Å². The number of hydrogen-bond acceptors (Lipinski definition) is 9. The third kappa shape index (κ3) is 6.28. The highest BCUT2D eigenvalue weighted by Crippen LogP contribution is 2.36. The van der Waals surface area contributed by atoms with Gasteiger partial charge in [-0.25, -0.2) is 9.79 Å². The molecule has 9 nitrogen and oxygen atoms in total. The Morgan fingerprint density at radius 1 is 0.976 bits per heavy atom. The van der Waals surface area contributed by atoms with E-state index in [-0.39, 0.29) is 11.1 Å². The summed E-state index contributed by atoms with van der Waals surface area (Å²) < 4.78 is 30.4. The lowest BCUT2D eigenvalue weighted by Gasteiger charge is -2.23. The first-order chi connectivity index (χ1) is 20.4. The Morgan fingerprint density at radius 2 is 1.67 bits per heavy atom. The van der Waals surface area contributed by atoms with Gasteiger partial charge in [0.05, 0.1) is 49.7 Å². The molecular weight excluding hydrogens is 556 g/mol. The van der Waals surface area contributed by atoms with Crippen molar-refractivity contribution in [3.8, 4) is 23.0 Å². The van der Waals surface area contributed by atoms with Crippen molar-refractivity contribution in [2.24, 2.45) is 4.99 Å². The van der Waals surface area contributed by atoms with Crippen LogP contribution in [0.2, 0.25) is 0 Å². The predicted octanol–water partition coefficient (Wildman–Crippen LogP) is 4.34. The number of carbonyl (C=O) groups is 1. The van der Waals surface area contributed by atoms with Crippen molar-refractivity contribution in [3.05, 3.63) is 91.1 Å². The van der Waals surface area contributed by atoms with Gasteiger partial charge >= 0.3 is 5.97 Å². The van der Waals surface area contributed by atoms with Crippen molar-refractivity contribution in [1.29, 1.82) is 0 Å². The molecule has 3 aromatic rings. The summed E-state index contributed by atoms with van der Waals surface area (Å²) in [4.78, 5) is 31.8. The van der Waals surface area contributed by atoms with Crippen molar-refractivity contribution < 1.29 is 28.5 Å². The van der Waals surface area contributed by atoms with Gasteiger partial charge in [-0.3, -0.25) is 9.36 Å². The van der Waals surface area contributed by atoms with Gasteiger partial charge in [0.2, 0.25) is 0 Å². The molecule has 2 heterocycles. The van der Waals surface area contributed by atoms with Crippen molar-refractivity contribution in [1.82, 2.24) is 4.57 Å². The summed E-state index contributed by atoms with van der Waals surface area (Å²) in [5.41, 5.74) is 2.28. The van der Waals surface area contributed by atoms with Crippen LogP contribution in [0.15, 0.2) is 64.5 Å². The molecule has 0 unspecified atom stereocenters. The molecule has 222 valence electrons. The molecule has 0 amide bonds. The van der Waals surface area contributed by atoms with E-state index < -0.39 is 12.0 Å². The Bertz CT molecular complexity index is 1670. The lowest BCUT2D eigenvalue weighted by Crippen LogP contribution is -2.39. The lowest BCUT2D eigenvalue weighted by atomic mass is 9.97. The first-order valence-electron chi connectivity index (χ1n) is 13.9. The van der Waals surface area contributed by atoms with Crippen molar-refractivity contribution >= 4 is 23.4 Å². The molecule has 0 fully saturated rings. The topological polar surface area (TPSA) is 97.6 Å². The maximum absolute atomic E-state index is 14.0. The van der Waals surface area contributed by atoms with Crippen LogP contribution in [0.4, 0.5) is 0 Å². The number of rotatable bonds is 13. The number of esters is 1. The quantitative estimate of drug-likeness (QED) is 0.215. The van der Waals surface area contributed by atoms with E-state index in [9.17, 15) is 9.59 Å². The van der Waals surface area contributed by atoms with Gasteiger partial charge in [-0.15, -0.1) is 6.58 Å². The summed E-state index contributed by atoms with van der Waals surface area (Å²) >= 11 is 1.24. The van der Waals surface area contributed by atoms with E-state index in [4.69, 9.17) is 23.7 Å². The Morgan fingerprint density at radius 3 is 2.33 bits per heavy atom. The number of ether oxygens (including phenoxy) is 5. The fourth-order valence-corrected chi connectivity index (χ4v) is 5.75. The molecule has 0 aliphatic carbocycles. The molecule has 1 aliphatic heterocycles. The Balaban J connectivity index is 1.91. The molecule has 0 N–H and O–H groups in total. The van der Waals surface area contributed by atoms with E-state index in [1.165, 1.54) is 29.2 Å². The molecule has 1 aliphatic rings. The number of fused-ring (bicyclic) bond motifs is 1. The maximum atomic E-state index is 14.0. The number of benzene rings is 2. The lowest BCUT2D eigenvalue weighted by molar-refractivity contribution is -0.136. The van der Waals surface area contributed by atoms with Gasteiger partial charge in [-0.05, 0) is 75.6 Å². The van der Waals surface area contributed by atoms with Crippen LogP contribution in [-0.2, 0) is 16.0 Å². The van der Waals surface area contributed by atoms with E-state index in [0.29, 0.717) is 70.7 Å². The maximum Gasteiger partial charge on any atom is 0.337 e. The van der Waals surface area contributed by atoms with Crippen LogP contribution in [0.5, 0.6) is 23.0 Å². The molecule has 1 atom stereocenters. The third-order valence-corrected chi connectivity index (χ3v) is 7.41. The average molecular weight is 593 g/mol. The van der Waals surface area contributed by atoms with E-state index in [0.717, 1.165) is 11.1 Å². The molecule has 2 aromatic carbocycles. The minimum absolute atomic E-state index is 0.232. The second-order valence-electron chi connectivity index (χ2n) is 9.11. The van der Waals surface area contributed by atoms with E-state index in [2.05, 4.69) is 11.6 Å². The number of methoxy groups -OCH3 is 1. The van der Waals surface area contributed by atoms with Gasteiger partial charge in [0.25, 0.3) is 5.56 Å². The number of allylic oxidation sites excluding steroid dienone is 1. The van der Waals surface area contributed by atoms with Crippen LogP contribution >= 0.6 is 11.3 Å². The number of nitrogens with zero attached hydrogens (tertiary/aromatic N) is 2. The monoisotopic (exact) mass is 592 g/mol. The summed E-state index contributed by atoms with van der Waals surface area (Å²) in [5.74, 6) is 1.79. The minimum Gasteiger partial charge on any atom is -0.490 e. The summed E-state index contributed by atoms with van der Waals surface area (Å²) in [5, 5.41) is 0. The van der Waals surface area contributed by atoms with Crippen molar-refractivity contribution in [3.63, 3.8) is 0 Å². The van der Waals surface area contributed by atoms with Crippen LogP contribution in [0.25, 0.3) is 6.08 Å². The molecule has 0 saturated heterocycles. The van der Waals surface area contributed by atoms with Crippen LogP contribution in [0, 0.1) is 0 Å². The fraction of sp³-hybridized carbons (Fsp3) is 0.344. The zero-order chi connectivity index (χ0) is 30.2. The molecule has 10 heteroatoms. The highest BCUT2D eigenvalue weighted by atomic mass is 32.1. The first-order valence-corrected chi connectivity index (χ1v) is 14.7. The minimum atomic E-state index is -0.777. The molecule has 4 rings (SSSR count). The van der Waals surface area contributed by atoms with E-state index in [1.807, 2.05) is 45.9 Å². The normalized spacial score (nSPS) is 14.4. The van der Waals surface area contributed by atoms with Crippen LogP contribution in [-0.4, -0.2) is 44.1 Å². The Kier molecular flexibility index (Phi) is 10.2. The van der Waals surface area contributed by atoms with Crippen molar-refractivity contribution in [2.45, 2.75) is 40.2 Å². The molecule has 42 heavy (non-hydrogen) atoms. The summed E-state index contributed by atoms with van der Waals surface area (Å²) in [6.45, 7) is 13.3. The second-order valence-corrected chi connectivity index (χ2v) is 10.1. The highest BCUT2D eigenvalue weighted by molar-refractivity contribution is 7.07. The van der Waals surface area contributed by atoms with Gasteiger partial charge in [0, 0.05) is 11.8 Å². The van der Waals surface area contributed by atoms with Crippen molar-refractivity contribution in [2.75, 3.05) is 33.5 Å². The second kappa shape index (κ2) is 14.0. The van der Waals surface area contributed by atoms with E-state index in [1.54, 1.807) is 24.3 Å². The van der Waals surface area contributed by atoms with Gasteiger partial charge in [0.1, 0.15) is 0 Å². The van der Waals surface area contributed by atoms with Crippen LogP contribution in [0.1, 0.15) is 50.4 Å². The largest absolute Gasteiger partial charge is 0.490 e. The first kappa shape index (κ1) is 30.6. The number of aromatic nitrogens is 1.